The summed E-state index contributed by atoms with van der Waals surface area (Å²) >= 11 is 1.43. The lowest BCUT2D eigenvalue weighted by Gasteiger charge is -2.44. The van der Waals surface area contributed by atoms with Crippen molar-refractivity contribution >= 4 is 78.0 Å². The van der Waals surface area contributed by atoms with Crippen LogP contribution in [-0.4, -0.2) is 6.71 Å². The quantitative estimate of drug-likeness (QED) is 0.163. The molecule has 2 nitrogen and oxygen atoms in total. The second-order valence-electron chi connectivity index (χ2n) is 21.5. The van der Waals surface area contributed by atoms with E-state index < -0.39 is 57.8 Å². The van der Waals surface area contributed by atoms with Crippen molar-refractivity contribution in [2.75, 3.05) is 9.80 Å². The molecule has 63 heavy (non-hydrogen) atoms. The van der Waals surface area contributed by atoms with Gasteiger partial charge in [0.05, 0.1) is 11.4 Å². The molecule has 0 spiro atoms. The van der Waals surface area contributed by atoms with Crippen LogP contribution in [0.15, 0.2) is 115 Å². The standard InChI is InChI=1S/C59H65BN2S/c1-36-30-49-52-50(31-36)62(47-26-22-39(56(5,6)7)32-42(47)37-18-16-15-17-19-37)48-27-23-40(57(8,9)10)33-46(48)60(52)54-53(61(49)41-24-20-38(21-25-41)55(2,3)4)43-34-44-45(35-51(43)63-54)59(13,14)29-28-58(44,11)12/h15-27,30-35H,28-29H2,1-14H3/i11D3,12D3,13D3,14D3. The minimum absolute atomic E-state index is 0.143. The first-order valence-electron chi connectivity index (χ1n) is 28.3. The van der Waals surface area contributed by atoms with Crippen LogP contribution in [0.25, 0.3) is 21.2 Å². The SMILES string of the molecule is [2H]C([2H])([2H])C1(C([2H])([2H])[2H])CCC(C([2H])([2H])[2H])(C([2H])([2H])[2H])c2cc3c4c(sc3cc21)B1c2cc(C(C)(C)C)ccc2N(c2ccc(C(C)(C)C)cc2-c2ccccc2)c2cc(C)cc(c21)N4c1ccc(C(C)(C)C)cc1. The molecule has 0 saturated heterocycles. The van der Waals surface area contributed by atoms with E-state index in [1.54, 1.807) is 12.1 Å². The molecule has 6 aromatic carbocycles. The smallest absolute Gasteiger partial charge is 0.264 e. The molecule has 3 aliphatic rings. The topological polar surface area (TPSA) is 6.48 Å². The normalized spacial score (nSPS) is 20.1. The van der Waals surface area contributed by atoms with Gasteiger partial charge in [0, 0.05) is 59.6 Å². The number of thiophene rings is 1. The molecule has 7 aromatic rings. The van der Waals surface area contributed by atoms with Crippen LogP contribution in [-0.2, 0) is 27.1 Å². The van der Waals surface area contributed by atoms with Gasteiger partial charge in [0.1, 0.15) is 0 Å². The molecular formula is C59H65BN2S. The Morgan fingerprint density at radius 1 is 0.571 bits per heavy atom. The number of hydrogen-bond donors (Lipinski definition) is 0. The maximum absolute atomic E-state index is 9.05. The Hall–Kier alpha value is -5.06. The summed E-state index contributed by atoms with van der Waals surface area (Å²) in [7, 11) is 0. The Morgan fingerprint density at radius 2 is 1.13 bits per heavy atom. The van der Waals surface area contributed by atoms with E-state index in [-0.39, 0.29) is 27.4 Å². The number of rotatable bonds is 3. The maximum Gasteiger partial charge on any atom is 0.264 e. The van der Waals surface area contributed by atoms with E-state index in [0.717, 1.165) is 72.0 Å². The highest BCUT2D eigenvalue weighted by molar-refractivity contribution is 7.33. The minimum atomic E-state index is -3.19. The summed E-state index contributed by atoms with van der Waals surface area (Å²) in [4.78, 5) is 4.61. The first-order chi connectivity index (χ1) is 34.5. The first kappa shape index (κ1) is 30.1. The largest absolute Gasteiger partial charge is 0.311 e. The number of anilines is 6. The van der Waals surface area contributed by atoms with Crippen molar-refractivity contribution in [2.45, 2.75) is 137 Å². The van der Waals surface area contributed by atoms with Gasteiger partial charge in [0.2, 0.25) is 0 Å². The van der Waals surface area contributed by atoms with Gasteiger partial charge in [0.25, 0.3) is 6.71 Å². The van der Waals surface area contributed by atoms with Crippen LogP contribution >= 0.6 is 11.3 Å². The van der Waals surface area contributed by atoms with Crippen molar-refractivity contribution in [3.8, 4) is 11.1 Å². The number of benzene rings is 6. The third-order valence-corrected chi connectivity index (χ3v) is 15.0. The van der Waals surface area contributed by atoms with Crippen LogP contribution in [0, 0.1) is 6.92 Å². The Bertz CT molecular complexity index is 3390. The van der Waals surface area contributed by atoms with Gasteiger partial charge in [-0.1, -0.05) is 150 Å². The highest BCUT2D eigenvalue weighted by atomic mass is 32.1. The van der Waals surface area contributed by atoms with Crippen LogP contribution in [0.2, 0.25) is 0 Å². The molecule has 1 aliphatic carbocycles. The molecule has 0 atom stereocenters. The molecule has 0 bridgehead atoms. The molecule has 0 radical (unpaired) electrons. The van der Waals surface area contributed by atoms with Crippen molar-refractivity contribution in [1.82, 2.24) is 0 Å². The molecule has 2 aliphatic heterocycles. The molecular weight excluding hydrogens is 780 g/mol. The predicted molar refractivity (Wildman–Crippen MR) is 277 cm³/mol. The lowest BCUT2D eigenvalue weighted by molar-refractivity contribution is 0.332. The van der Waals surface area contributed by atoms with Gasteiger partial charge in [-0.05, 0) is 151 Å². The zero-order valence-electron chi connectivity index (χ0n) is 50.3. The minimum Gasteiger partial charge on any atom is -0.311 e. The van der Waals surface area contributed by atoms with Crippen LogP contribution in [0.3, 0.4) is 0 Å². The molecule has 1 aromatic heterocycles. The van der Waals surface area contributed by atoms with Crippen molar-refractivity contribution < 1.29 is 16.4 Å². The van der Waals surface area contributed by atoms with E-state index in [0.29, 0.717) is 15.8 Å². The van der Waals surface area contributed by atoms with E-state index in [4.69, 9.17) is 16.4 Å². The first-order valence-corrected chi connectivity index (χ1v) is 23.2. The summed E-state index contributed by atoms with van der Waals surface area (Å²) in [5, 5.41) is 0.521. The fourth-order valence-corrected chi connectivity index (χ4v) is 11.5. The van der Waals surface area contributed by atoms with Gasteiger partial charge in [-0.3, -0.25) is 0 Å². The number of fused-ring (bicyclic) bond motifs is 7. The summed E-state index contributed by atoms with van der Waals surface area (Å²) in [5.41, 5.74) is 7.66. The Kier molecular flexibility index (Phi) is 6.69. The molecule has 0 unspecified atom stereocenters. The second kappa shape index (κ2) is 14.0. The Balaban J connectivity index is 1.38. The lowest BCUT2D eigenvalue weighted by Crippen LogP contribution is -2.60. The zero-order valence-corrected chi connectivity index (χ0v) is 39.1. The molecule has 0 amide bonds. The molecule has 0 saturated carbocycles. The number of hydrogen-bond acceptors (Lipinski definition) is 3. The van der Waals surface area contributed by atoms with Crippen LogP contribution in [0.1, 0.15) is 152 Å². The zero-order chi connectivity index (χ0) is 54.8. The predicted octanol–water partition coefficient (Wildman–Crippen LogP) is 15.2. The third-order valence-electron chi connectivity index (χ3n) is 13.8. The molecule has 0 N–H and O–H groups in total. The summed E-state index contributed by atoms with van der Waals surface area (Å²) in [6.45, 7) is 8.68. The van der Waals surface area contributed by atoms with Gasteiger partial charge in [-0.2, -0.15) is 0 Å². The van der Waals surface area contributed by atoms with Crippen molar-refractivity contribution in [3.05, 3.63) is 149 Å². The highest BCUT2D eigenvalue weighted by Crippen LogP contribution is 2.53. The average Bonchev–Trinajstić information content (AvgIpc) is 3.65. The van der Waals surface area contributed by atoms with E-state index >= 15 is 0 Å². The van der Waals surface area contributed by atoms with Gasteiger partial charge in [-0.25, -0.2) is 0 Å². The van der Waals surface area contributed by atoms with Crippen LogP contribution < -0.4 is 25.5 Å². The molecule has 10 rings (SSSR count). The Morgan fingerprint density at radius 3 is 1.73 bits per heavy atom. The van der Waals surface area contributed by atoms with E-state index in [9.17, 15) is 0 Å². The molecule has 0 fully saturated rings. The van der Waals surface area contributed by atoms with E-state index in [2.05, 4.69) is 176 Å². The van der Waals surface area contributed by atoms with E-state index in [1.165, 1.54) is 16.9 Å². The summed E-state index contributed by atoms with van der Waals surface area (Å²) in [6.07, 6.45) is -1.39. The number of nitrogens with zero attached hydrogens (tertiary/aromatic N) is 2. The second-order valence-corrected chi connectivity index (χ2v) is 22.6. The lowest BCUT2D eigenvalue weighted by atomic mass is 9.36. The number of aryl methyl sites for hydroxylation is 1. The van der Waals surface area contributed by atoms with Gasteiger partial charge in [-0.15, -0.1) is 11.3 Å². The van der Waals surface area contributed by atoms with Crippen molar-refractivity contribution in [2.24, 2.45) is 0 Å². The van der Waals surface area contributed by atoms with Gasteiger partial charge < -0.3 is 9.80 Å². The van der Waals surface area contributed by atoms with Crippen LogP contribution in [0.4, 0.5) is 34.1 Å². The highest BCUT2D eigenvalue weighted by Gasteiger charge is 2.47. The fraction of sp³-hybridized carbons (Fsp3) is 0.356. The van der Waals surface area contributed by atoms with Crippen molar-refractivity contribution in [1.29, 1.82) is 0 Å². The summed E-state index contributed by atoms with van der Waals surface area (Å²) < 4.78 is 110. The third kappa shape index (κ3) is 6.72. The fourth-order valence-electron chi connectivity index (χ4n) is 10.2. The molecule has 320 valence electrons. The maximum atomic E-state index is 9.05. The average molecular weight is 857 g/mol. The monoisotopic (exact) mass is 857 g/mol. The summed E-state index contributed by atoms with van der Waals surface area (Å²) in [5.74, 6) is 0. The van der Waals surface area contributed by atoms with Crippen molar-refractivity contribution in [3.63, 3.8) is 0 Å². The van der Waals surface area contributed by atoms with Gasteiger partial charge in [0.15, 0.2) is 0 Å². The Labute approximate surface area is 399 Å². The summed E-state index contributed by atoms with van der Waals surface area (Å²) in [6, 6.07) is 40.0. The van der Waals surface area contributed by atoms with Crippen LogP contribution in [0.5, 0.6) is 0 Å². The van der Waals surface area contributed by atoms with Gasteiger partial charge >= 0.3 is 0 Å². The van der Waals surface area contributed by atoms with E-state index in [1.807, 2.05) is 6.07 Å². The molecule has 3 heterocycles. The molecule has 4 heteroatoms.